The molecule has 0 saturated heterocycles. The first-order valence-corrected chi connectivity index (χ1v) is 6.06. The van der Waals surface area contributed by atoms with E-state index in [9.17, 15) is 4.79 Å². The molecular formula is C13H13ClN2O2. The van der Waals surface area contributed by atoms with E-state index in [0.717, 1.165) is 19.3 Å². The Balaban J connectivity index is 2.24. The third-order valence-electron chi connectivity index (χ3n) is 2.41. The Kier molecular flexibility index (Phi) is 3.99. The molecular weight excluding hydrogens is 252 g/mol. The van der Waals surface area contributed by atoms with Crippen LogP contribution in [-0.2, 0) is 6.54 Å². The van der Waals surface area contributed by atoms with Crippen LogP contribution in [0, 0.1) is 0 Å². The second-order valence-corrected chi connectivity index (χ2v) is 4.22. The number of aromatic nitrogens is 2. The fourth-order valence-electron chi connectivity index (χ4n) is 1.59. The summed E-state index contributed by atoms with van der Waals surface area (Å²) < 4.78 is 7.40. The minimum atomic E-state index is 0.366. The molecule has 94 valence electrons. The largest absolute Gasteiger partial charge is 0.452 e. The lowest BCUT2D eigenvalue weighted by Gasteiger charge is -2.07. The highest BCUT2D eigenvalue weighted by atomic mass is 35.5. The zero-order chi connectivity index (χ0) is 13.0. The first-order chi connectivity index (χ1) is 8.74. The molecule has 0 amide bonds. The zero-order valence-electron chi connectivity index (χ0n) is 9.97. The molecule has 0 unspecified atom stereocenters. The third-order valence-corrected chi connectivity index (χ3v) is 2.70. The molecule has 0 N–H and O–H groups in total. The van der Waals surface area contributed by atoms with Crippen LogP contribution in [0.15, 0.2) is 30.6 Å². The molecule has 1 aromatic heterocycles. The normalized spacial score (nSPS) is 10.3. The number of carbonyl (C=O) groups excluding carboxylic acids is 1. The van der Waals surface area contributed by atoms with Gasteiger partial charge in [0.25, 0.3) is 0 Å². The highest BCUT2D eigenvalue weighted by Crippen LogP contribution is 2.31. The van der Waals surface area contributed by atoms with Gasteiger partial charge in [0.1, 0.15) is 0 Å². The summed E-state index contributed by atoms with van der Waals surface area (Å²) in [4.78, 5) is 10.9. The summed E-state index contributed by atoms with van der Waals surface area (Å²) in [5.41, 5.74) is 0.422. The number of hydrogen-bond donors (Lipinski definition) is 0. The van der Waals surface area contributed by atoms with Crippen molar-refractivity contribution in [2.24, 2.45) is 0 Å². The molecule has 0 spiro atoms. The summed E-state index contributed by atoms with van der Waals surface area (Å²) >= 11 is 6.01. The summed E-state index contributed by atoms with van der Waals surface area (Å²) in [6.07, 6.45) is 5.10. The third kappa shape index (κ3) is 2.71. The van der Waals surface area contributed by atoms with Gasteiger partial charge in [-0.2, -0.15) is 5.10 Å². The van der Waals surface area contributed by atoms with Crippen molar-refractivity contribution < 1.29 is 9.53 Å². The second-order valence-electron chi connectivity index (χ2n) is 3.82. The fraction of sp³-hybridized carbons (Fsp3) is 0.231. The highest BCUT2D eigenvalue weighted by Gasteiger charge is 2.10. The number of benzene rings is 1. The van der Waals surface area contributed by atoms with E-state index in [0.29, 0.717) is 22.1 Å². The molecule has 1 aromatic carbocycles. The Bertz CT molecular complexity index is 552. The summed E-state index contributed by atoms with van der Waals surface area (Å²) in [6, 6.07) is 5.05. The van der Waals surface area contributed by atoms with E-state index in [-0.39, 0.29) is 0 Å². The molecule has 1 heterocycles. The van der Waals surface area contributed by atoms with Gasteiger partial charge in [-0.15, -0.1) is 0 Å². The SMILES string of the molecule is CCCn1cc(Oc2c(Cl)cccc2C=O)cn1. The number of rotatable bonds is 5. The number of halogens is 1. The van der Waals surface area contributed by atoms with Crippen LogP contribution in [-0.4, -0.2) is 16.1 Å². The van der Waals surface area contributed by atoms with Crippen molar-refractivity contribution in [2.45, 2.75) is 19.9 Å². The molecule has 2 aromatic rings. The monoisotopic (exact) mass is 264 g/mol. The Morgan fingerprint density at radius 2 is 2.33 bits per heavy atom. The first kappa shape index (κ1) is 12.6. The van der Waals surface area contributed by atoms with E-state index in [2.05, 4.69) is 12.0 Å². The van der Waals surface area contributed by atoms with Gasteiger partial charge < -0.3 is 4.74 Å². The molecule has 0 radical (unpaired) electrons. The van der Waals surface area contributed by atoms with Gasteiger partial charge in [0, 0.05) is 6.54 Å². The molecule has 0 aliphatic carbocycles. The first-order valence-electron chi connectivity index (χ1n) is 5.68. The molecule has 5 heteroatoms. The van der Waals surface area contributed by atoms with Gasteiger partial charge in [-0.3, -0.25) is 9.48 Å². The average molecular weight is 265 g/mol. The van der Waals surface area contributed by atoms with E-state index in [4.69, 9.17) is 16.3 Å². The quantitative estimate of drug-likeness (QED) is 0.776. The number of para-hydroxylation sites is 1. The number of aryl methyl sites for hydroxylation is 1. The van der Waals surface area contributed by atoms with Crippen LogP contribution in [0.4, 0.5) is 0 Å². The topological polar surface area (TPSA) is 44.1 Å². The van der Waals surface area contributed by atoms with E-state index in [1.54, 1.807) is 35.3 Å². The Morgan fingerprint density at radius 1 is 1.50 bits per heavy atom. The van der Waals surface area contributed by atoms with Gasteiger partial charge >= 0.3 is 0 Å². The zero-order valence-corrected chi connectivity index (χ0v) is 10.7. The van der Waals surface area contributed by atoms with Crippen molar-refractivity contribution in [1.29, 1.82) is 0 Å². The summed E-state index contributed by atoms with van der Waals surface area (Å²) in [5.74, 6) is 0.935. The molecule has 0 atom stereocenters. The van der Waals surface area contributed by atoms with E-state index in [1.807, 2.05) is 0 Å². The van der Waals surface area contributed by atoms with Gasteiger partial charge in [0.05, 0.1) is 23.0 Å². The van der Waals surface area contributed by atoms with Crippen molar-refractivity contribution in [3.8, 4) is 11.5 Å². The van der Waals surface area contributed by atoms with Gasteiger partial charge in [0.2, 0.25) is 0 Å². The summed E-state index contributed by atoms with van der Waals surface area (Å²) in [7, 11) is 0. The van der Waals surface area contributed by atoms with Crippen molar-refractivity contribution >= 4 is 17.9 Å². The molecule has 18 heavy (non-hydrogen) atoms. The lowest BCUT2D eigenvalue weighted by Crippen LogP contribution is -1.95. The van der Waals surface area contributed by atoms with Crippen molar-refractivity contribution in [2.75, 3.05) is 0 Å². The maximum atomic E-state index is 10.9. The van der Waals surface area contributed by atoms with Crippen LogP contribution >= 0.6 is 11.6 Å². The Hall–Kier alpha value is -1.81. The molecule has 4 nitrogen and oxygen atoms in total. The molecule has 2 rings (SSSR count). The molecule has 0 fully saturated rings. The minimum Gasteiger partial charge on any atom is -0.452 e. The smallest absolute Gasteiger partial charge is 0.165 e. The predicted molar refractivity (Wildman–Crippen MR) is 69.4 cm³/mol. The van der Waals surface area contributed by atoms with E-state index in [1.165, 1.54) is 0 Å². The van der Waals surface area contributed by atoms with Crippen molar-refractivity contribution in [3.63, 3.8) is 0 Å². The standard InChI is InChI=1S/C13H13ClN2O2/c1-2-6-16-8-11(7-15-16)18-13-10(9-17)4-3-5-12(13)14/h3-5,7-9H,2,6H2,1H3. The maximum absolute atomic E-state index is 10.9. The van der Waals surface area contributed by atoms with Gasteiger partial charge in [0.15, 0.2) is 17.8 Å². The van der Waals surface area contributed by atoms with Crippen molar-refractivity contribution in [3.05, 3.63) is 41.2 Å². The van der Waals surface area contributed by atoms with Crippen LogP contribution in [0.5, 0.6) is 11.5 Å². The highest BCUT2D eigenvalue weighted by molar-refractivity contribution is 6.32. The second kappa shape index (κ2) is 5.69. The summed E-state index contributed by atoms with van der Waals surface area (Å²) in [6.45, 7) is 2.90. The molecule has 0 bridgehead atoms. The van der Waals surface area contributed by atoms with Crippen LogP contribution in [0.3, 0.4) is 0 Å². The lowest BCUT2D eigenvalue weighted by atomic mass is 10.2. The van der Waals surface area contributed by atoms with Gasteiger partial charge in [-0.05, 0) is 18.6 Å². The number of aldehydes is 1. The lowest BCUT2D eigenvalue weighted by molar-refractivity contribution is 0.112. The number of nitrogens with zero attached hydrogens (tertiary/aromatic N) is 2. The number of ether oxygens (including phenoxy) is 1. The minimum absolute atomic E-state index is 0.366. The average Bonchev–Trinajstić information content (AvgIpc) is 2.80. The summed E-state index contributed by atoms with van der Waals surface area (Å²) in [5, 5.41) is 4.55. The van der Waals surface area contributed by atoms with Gasteiger partial charge in [-0.1, -0.05) is 24.6 Å². The maximum Gasteiger partial charge on any atom is 0.165 e. The van der Waals surface area contributed by atoms with Crippen LogP contribution in [0.1, 0.15) is 23.7 Å². The van der Waals surface area contributed by atoms with Gasteiger partial charge in [-0.25, -0.2) is 0 Å². The Labute approximate surface area is 110 Å². The number of hydrogen-bond acceptors (Lipinski definition) is 3. The molecule has 0 saturated carbocycles. The number of carbonyl (C=O) groups is 1. The van der Waals surface area contributed by atoms with Crippen LogP contribution < -0.4 is 4.74 Å². The van der Waals surface area contributed by atoms with E-state index < -0.39 is 0 Å². The fourth-order valence-corrected chi connectivity index (χ4v) is 1.81. The predicted octanol–water partition coefficient (Wildman–Crippen LogP) is 3.55. The molecule has 0 aliphatic rings. The van der Waals surface area contributed by atoms with Crippen molar-refractivity contribution in [1.82, 2.24) is 9.78 Å². The Morgan fingerprint density at radius 3 is 3.06 bits per heavy atom. The van der Waals surface area contributed by atoms with Crippen LogP contribution in [0.25, 0.3) is 0 Å². The van der Waals surface area contributed by atoms with E-state index >= 15 is 0 Å². The molecule has 0 aliphatic heterocycles. The van der Waals surface area contributed by atoms with Crippen LogP contribution in [0.2, 0.25) is 5.02 Å².